The maximum Gasteiger partial charge on any atom is 0.217 e. The zero-order valence-corrected chi connectivity index (χ0v) is 23.1. The Morgan fingerprint density at radius 2 is 1.43 bits per heavy atom. The second-order valence-corrected chi connectivity index (χ2v) is 11.0. The Kier molecular flexibility index (Phi) is 5.47. The molecule has 0 saturated carbocycles. The standard InChI is InChI=1S/C37H29N2O/c1-22(2)31-20-33(39(4)32-12-8-7-11-28(31)32)34-23(3)13-17-29-30-18-16-27(21-38)35(37(30)40-36(29)34)26-15-14-24-9-5-6-10-25(24)19-26/h5-20,22H,1-4H3/q+1. The summed E-state index contributed by atoms with van der Waals surface area (Å²) in [5.74, 6) is 0.373. The molecule has 0 spiro atoms. The molecule has 0 unspecified atom stereocenters. The molecule has 7 aromatic rings. The van der Waals surface area contributed by atoms with Crippen molar-refractivity contribution in [3.63, 3.8) is 0 Å². The van der Waals surface area contributed by atoms with E-state index in [4.69, 9.17) is 4.42 Å². The fourth-order valence-electron chi connectivity index (χ4n) is 6.22. The molecule has 2 aromatic heterocycles. The van der Waals surface area contributed by atoms with Crippen molar-refractivity contribution in [1.82, 2.24) is 0 Å². The summed E-state index contributed by atoms with van der Waals surface area (Å²) in [6.45, 7) is 6.65. The molecule has 0 amide bonds. The number of rotatable bonds is 3. The summed E-state index contributed by atoms with van der Waals surface area (Å²) in [6.07, 6.45) is 0. The summed E-state index contributed by atoms with van der Waals surface area (Å²) in [5.41, 5.74) is 9.92. The lowest BCUT2D eigenvalue weighted by Gasteiger charge is -2.13. The highest BCUT2D eigenvalue weighted by Crippen LogP contribution is 2.43. The van der Waals surface area contributed by atoms with Gasteiger partial charge in [0.1, 0.15) is 18.2 Å². The van der Waals surface area contributed by atoms with Gasteiger partial charge in [-0.25, -0.2) is 0 Å². The van der Waals surface area contributed by atoms with E-state index in [1.807, 2.05) is 24.3 Å². The molecule has 2 heterocycles. The molecule has 3 nitrogen and oxygen atoms in total. The van der Waals surface area contributed by atoms with Crippen LogP contribution in [-0.2, 0) is 7.05 Å². The minimum atomic E-state index is 0.373. The van der Waals surface area contributed by atoms with Crippen molar-refractivity contribution in [2.24, 2.45) is 7.05 Å². The largest absolute Gasteiger partial charge is 0.454 e. The minimum absolute atomic E-state index is 0.373. The number of hydrogen-bond acceptors (Lipinski definition) is 2. The molecule has 40 heavy (non-hydrogen) atoms. The van der Waals surface area contributed by atoms with E-state index in [1.165, 1.54) is 21.9 Å². The molecule has 0 atom stereocenters. The SMILES string of the molecule is Cc1ccc2c(oc3c(-c4ccc5ccccc5c4)c(C#N)ccc32)c1-c1cc(C(C)C)c2ccccc2[n+]1C. The molecule has 192 valence electrons. The van der Waals surface area contributed by atoms with Crippen molar-refractivity contribution in [3.05, 3.63) is 114 Å². The van der Waals surface area contributed by atoms with Gasteiger partial charge in [-0.15, -0.1) is 0 Å². The van der Waals surface area contributed by atoms with Crippen LogP contribution in [0.4, 0.5) is 0 Å². The maximum absolute atomic E-state index is 10.1. The monoisotopic (exact) mass is 517 g/mol. The number of benzene rings is 5. The second-order valence-electron chi connectivity index (χ2n) is 11.0. The van der Waals surface area contributed by atoms with Crippen molar-refractivity contribution in [1.29, 1.82) is 5.26 Å². The minimum Gasteiger partial charge on any atom is -0.454 e. The van der Waals surface area contributed by atoms with Crippen molar-refractivity contribution in [2.75, 3.05) is 0 Å². The third-order valence-corrected chi connectivity index (χ3v) is 8.28. The van der Waals surface area contributed by atoms with Crippen LogP contribution >= 0.6 is 0 Å². The first-order valence-corrected chi connectivity index (χ1v) is 13.8. The van der Waals surface area contributed by atoms with E-state index in [0.29, 0.717) is 11.5 Å². The molecule has 0 bridgehead atoms. The predicted octanol–water partition coefficient (Wildman–Crippen LogP) is 9.35. The van der Waals surface area contributed by atoms with E-state index in [2.05, 4.69) is 111 Å². The van der Waals surface area contributed by atoms with Crippen LogP contribution < -0.4 is 4.57 Å². The summed E-state index contributed by atoms with van der Waals surface area (Å²) < 4.78 is 9.14. The number of fused-ring (bicyclic) bond motifs is 5. The van der Waals surface area contributed by atoms with Gasteiger partial charge in [-0.2, -0.15) is 9.83 Å². The average Bonchev–Trinajstić information content (AvgIpc) is 3.35. The van der Waals surface area contributed by atoms with Gasteiger partial charge in [0.2, 0.25) is 11.2 Å². The van der Waals surface area contributed by atoms with Crippen molar-refractivity contribution >= 4 is 43.6 Å². The number of nitriles is 1. The van der Waals surface area contributed by atoms with E-state index in [1.54, 1.807) is 0 Å². The highest BCUT2D eigenvalue weighted by Gasteiger charge is 2.26. The number of pyridine rings is 1. The maximum atomic E-state index is 10.1. The van der Waals surface area contributed by atoms with Crippen LogP contribution in [0.1, 0.15) is 36.5 Å². The summed E-state index contributed by atoms with van der Waals surface area (Å²) in [4.78, 5) is 0. The second kappa shape index (κ2) is 9.07. The van der Waals surface area contributed by atoms with Crippen LogP contribution in [-0.4, -0.2) is 0 Å². The van der Waals surface area contributed by atoms with E-state index in [-0.39, 0.29) is 0 Å². The first kappa shape index (κ1) is 24.1. The summed E-state index contributed by atoms with van der Waals surface area (Å²) in [5, 5.41) is 15.8. The summed E-state index contributed by atoms with van der Waals surface area (Å²) >= 11 is 0. The molecule has 0 N–H and O–H groups in total. The fourth-order valence-corrected chi connectivity index (χ4v) is 6.22. The van der Waals surface area contributed by atoms with Gasteiger partial charge in [0.25, 0.3) is 0 Å². The molecule has 0 saturated heterocycles. The van der Waals surface area contributed by atoms with Gasteiger partial charge in [-0.05, 0) is 64.6 Å². The summed E-state index contributed by atoms with van der Waals surface area (Å²) in [7, 11) is 2.14. The molecular weight excluding hydrogens is 488 g/mol. The van der Waals surface area contributed by atoms with E-state index in [9.17, 15) is 5.26 Å². The third-order valence-electron chi connectivity index (χ3n) is 8.28. The predicted molar refractivity (Wildman–Crippen MR) is 164 cm³/mol. The molecule has 0 fully saturated rings. The Morgan fingerprint density at radius 3 is 2.20 bits per heavy atom. The lowest BCUT2D eigenvalue weighted by Crippen LogP contribution is -2.33. The average molecular weight is 518 g/mol. The fraction of sp³-hybridized carbons (Fsp3) is 0.135. The molecule has 5 aromatic carbocycles. The highest BCUT2D eigenvalue weighted by molar-refractivity contribution is 6.14. The van der Waals surface area contributed by atoms with Gasteiger partial charge in [0, 0.05) is 33.9 Å². The molecule has 0 aliphatic heterocycles. The Bertz CT molecular complexity index is 2180. The van der Waals surface area contributed by atoms with Crippen LogP contribution in [0.5, 0.6) is 0 Å². The third kappa shape index (κ3) is 3.53. The van der Waals surface area contributed by atoms with Crippen LogP contribution in [0.3, 0.4) is 0 Å². The van der Waals surface area contributed by atoms with Gasteiger partial charge in [0.05, 0.1) is 17.2 Å². The van der Waals surface area contributed by atoms with Crippen LogP contribution in [0, 0.1) is 18.3 Å². The summed E-state index contributed by atoms with van der Waals surface area (Å²) in [6, 6.07) is 36.3. The van der Waals surface area contributed by atoms with Gasteiger partial charge >= 0.3 is 0 Å². The molecule has 0 aliphatic carbocycles. The molecular formula is C37H29N2O+. The molecule has 0 aliphatic rings. The number of furan rings is 1. The van der Waals surface area contributed by atoms with Crippen molar-refractivity contribution in [3.8, 4) is 28.5 Å². The zero-order valence-electron chi connectivity index (χ0n) is 23.1. The normalized spacial score (nSPS) is 11.7. The number of nitrogens with zero attached hydrogens (tertiary/aromatic N) is 2. The zero-order chi connectivity index (χ0) is 27.5. The van der Waals surface area contributed by atoms with Gasteiger partial charge in [-0.1, -0.05) is 74.5 Å². The lowest BCUT2D eigenvalue weighted by atomic mass is 9.93. The van der Waals surface area contributed by atoms with Crippen LogP contribution in [0.2, 0.25) is 0 Å². The van der Waals surface area contributed by atoms with Gasteiger partial charge in [-0.3, -0.25) is 0 Å². The van der Waals surface area contributed by atoms with Gasteiger partial charge in [0.15, 0.2) is 0 Å². The molecule has 0 radical (unpaired) electrons. The van der Waals surface area contributed by atoms with E-state index < -0.39 is 0 Å². The first-order valence-electron chi connectivity index (χ1n) is 13.8. The van der Waals surface area contributed by atoms with E-state index >= 15 is 0 Å². The number of aromatic nitrogens is 1. The Hall–Kier alpha value is -4.94. The first-order chi connectivity index (χ1) is 19.5. The Labute approximate surface area is 233 Å². The Morgan fingerprint density at radius 1 is 0.725 bits per heavy atom. The number of hydrogen-bond donors (Lipinski definition) is 0. The Balaban J connectivity index is 1.58. The lowest BCUT2D eigenvalue weighted by molar-refractivity contribution is -0.633. The van der Waals surface area contributed by atoms with Gasteiger partial charge < -0.3 is 4.42 Å². The van der Waals surface area contributed by atoms with E-state index in [0.717, 1.165) is 55.3 Å². The molecule has 7 rings (SSSR count). The number of aryl methyl sites for hydroxylation is 2. The van der Waals surface area contributed by atoms with Crippen molar-refractivity contribution < 1.29 is 8.98 Å². The number of para-hydroxylation sites is 1. The quantitative estimate of drug-likeness (QED) is 0.219. The molecule has 3 heteroatoms. The highest BCUT2D eigenvalue weighted by atomic mass is 16.3. The topological polar surface area (TPSA) is 40.8 Å². The van der Waals surface area contributed by atoms with Crippen LogP contribution in [0.15, 0.2) is 101 Å². The smallest absolute Gasteiger partial charge is 0.217 e. The van der Waals surface area contributed by atoms with Crippen molar-refractivity contribution in [2.45, 2.75) is 26.7 Å². The van der Waals surface area contributed by atoms with Crippen LogP contribution in [0.25, 0.3) is 66.0 Å².